The Labute approximate surface area is 168 Å². The molecular weight excluding hydrogens is 388 g/mol. The summed E-state index contributed by atoms with van der Waals surface area (Å²) in [4.78, 5) is 29.1. The van der Waals surface area contributed by atoms with E-state index in [0.29, 0.717) is 37.5 Å². The van der Waals surface area contributed by atoms with Crippen molar-refractivity contribution in [3.8, 4) is 5.75 Å². The van der Waals surface area contributed by atoms with Crippen LogP contribution in [-0.4, -0.2) is 34.1 Å². The number of hydrogen-bond donors (Lipinski definition) is 1. The third-order valence-corrected chi connectivity index (χ3v) is 3.34. The fraction of sp³-hybridized carbons (Fsp3) is 0.389. The van der Waals surface area contributed by atoms with E-state index in [0.717, 1.165) is 6.20 Å². The van der Waals surface area contributed by atoms with Gasteiger partial charge in [0.2, 0.25) is 11.1 Å². The molecule has 1 aromatic heterocycles. The van der Waals surface area contributed by atoms with Crippen LogP contribution in [0, 0.1) is 10.1 Å². The average molecular weight is 411 g/mol. The number of benzene rings is 1. The summed E-state index contributed by atoms with van der Waals surface area (Å²) >= 11 is 5.69. The largest absolute Gasteiger partial charge is 0.494 e. The van der Waals surface area contributed by atoms with Crippen molar-refractivity contribution in [1.82, 2.24) is 9.97 Å². The van der Waals surface area contributed by atoms with Gasteiger partial charge in [-0.05, 0) is 49.2 Å². The SMILES string of the molecule is CC.CCOC(=O)CCCOc1ccc(Nc2nc(Cl)ncc2[N+](=O)[O-])cc1. The number of ether oxygens (including phenoxy) is 2. The molecule has 2 aromatic rings. The molecule has 0 aliphatic heterocycles. The summed E-state index contributed by atoms with van der Waals surface area (Å²) in [5.74, 6) is 0.355. The van der Waals surface area contributed by atoms with Gasteiger partial charge in [-0.3, -0.25) is 14.9 Å². The molecule has 0 aliphatic rings. The predicted molar refractivity (Wildman–Crippen MR) is 106 cm³/mol. The fourth-order valence-corrected chi connectivity index (χ4v) is 2.12. The van der Waals surface area contributed by atoms with Crippen molar-refractivity contribution in [3.63, 3.8) is 0 Å². The smallest absolute Gasteiger partial charge is 0.329 e. The number of anilines is 2. The second-order valence-electron chi connectivity index (χ2n) is 5.04. The number of nitro groups is 1. The van der Waals surface area contributed by atoms with Crippen molar-refractivity contribution in [3.05, 3.63) is 45.9 Å². The first-order valence-electron chi connectivity index (χ1n) is 8.82. The molecule has 0 atom stereocenters. The number of nitrogens with one attached hydrogen (secondary N) is 1. The predicted octanol–water partition coefficient (Wildman–Crippen LogP) is 4.53. The summed E-state index contributed by atoms with van der Waals surface area (Å²) in [5, 5.41) is 13.7. The number of aromatic nitrogens is 2. The van der Waals surface area contributed by atoms with Gasteiger partial charge in [0.05, 0.1) is 18.1 Å². The van der Waals surface area contributed by atoms with Gasteiger partial charge in [-0.1, -0.05) is 13.8 Å². The van der Waals surface area contributed by atoms with Crippen LogP contribution in [0.25, 0.3) is 0 Å². The maximum absolute atomic E-state index is 11.2. The quantitative estimate of drug-likeness (QED) is 0.210. The van der Waals surface area contributed by atoms with Crippen molar-refractivity contribution in [2.24, 2.45) is 0 Å². The first kappa shape index (κ1) is 23.1. The third-order valence-electron chi connectivity index (χ3n) is 3.15. The van der Waals surface area contributed by atoms with Crippen LogP contribution >= 0.6 is 11.6 Å². The summed E-state index contributed by atoms with van der Waals surface area (Å²) in [7, 11) is 0. The van der Waals surface area contributed by atoms with Crippen LogP contribution in [0.2, 0.25) is 5.28 Å². The Morgan fingerprint density at radius 3 is 2.57 bits per heavy atom. The molecule has 0 aliphatic carbocycles. The Bertz CT molecular complexity index is 771. The highest BCUT2D eigenvalue weighted by molar-refractivity contribution is 6.28. The molecule has 0 saturated carbocycles. The lowest BCUT2D eigenvalue weighted by atomic mass is 10.3. The van der Waals surface area contributed by atoms with Crippen LogP contribution in [0.3, 0.4) is 0 Å². The Hall–Kier alpha value is -2.94. The molecule has 0 saturated heterocycles. The van der Waals surface area contributed by atoms with Crippen molar-refractivity contribution in [2.75, 3.05) is 18.5 Å². The second-order valence-corrected chi connectivity index (χ2v) is 5.37. The van der Waals surface area contributed by atoms with Crippen LogP contribution < -0.4 is 10.1 Å². The minimum atomic E-state index is -0.598. The standard InChI is InChI=1S/C16H17ClN4O5.C2H6/c1-2-25-14(22)4-3-9-26-12-7-5-11(6-8-12)19-15-13(21(23)24)10-18-16(17)20-15;1-2/h5-8,10H,2-4,9H2,1H3,(H,18,19,20);1-2H3. The van der Waals surface area contributed by atoms with Crippen molar-refractivity contribution in [1.29, 1.82) is 0 Å². The zero-order valence-corrected chi connectivity index (χ0v) is 16.7. The van der Waals surface area contributed by atoms with E-state index >= 15 is 0 Å². The van der Waals surface area contributed by atoms with Gasteiger partial charge < -0.3 is 14.8 Å². The molecule has 1 N–H and O–H groups in total. The molecule has 28 heavy (non-hydrogen) atoms. The molecule has 1 heterocycles. The lowest BCUT2D eigenvalue weighted by Crippen LogP contribution is -2.06. The molecular formula is C18H23ClN4O5. The first-order valence-corrected chi connectivity index (χ1v) is 9.20. The number of halogens is 1. The van der Waals surface area contributed by atoms with Crippen LogP contribution in [0.5, 0.6) is 5.75 Å². The van der Waals surface area contributed by atoms with Crippen LogP contribution in [0.15, 0.2) is 30.5 Å². The highest BCUT2D eigenvalue weighted by atomic mass is 35.5. The van der Waals surface area contributed by atoms with Gasteiger partial charge in [-0.15, -0.1) is 0 Å². The molecule has 1 aromatic carbocycles. The maximum Gasteiger partial charge on any atom is 0.329 e. The summed E-state index contributed by atoms with van der Waals surface area (Å²) in [6, 6.07) is 6.75. The van der Waals surface area contributed by atoms with E-state index in [-0.39, 0.29) is 22.8 Å². The number of rotatable bonds is 9. The van der Waals surface area contributed by atoms with Crippen LogP contribution in [-0.2, 0) is 9.53 Å². The van der Waals surface area contributed by atoms with E-state index in [1.807, 2.05) is 13.8 Å². The molecule has 0 radical (unpaired) electrons. The van der Waals surface area contributed by atoms with Gasteiger partial charge in [0, 0.05) is 12.1 Å². The Balaban J connectivity index is 0.00000190. The molecule has 2 rings (SSSR count). The number of nitrogens with zero attached hydrogens (tertiary/aromatic N) is 3. The highest BCUT2D eigenvalue weighted by Crippen LogP contribution is 2.26. The number of carbonyl (C=O) groups is 1. The molecule has 0 amide bonds. The van der Waals surface area contributed by atoms with Crippen LogP contribution in [0.1, 0.15) is 33.6 Å². The molecule has 9 nitrogen and oxygen atoms in total. The van der Waals surface area contributed by atoms with E-state index in [2.05, 4.69) is 15.3 Å². The molecule has 0 unspecified atom stereocenters. The molecule has 152 valence electrons. The average Bonchev–Trinajstić information content (AvgIpc) is 2.68. The number of hydrogen-bond acceptors (Lipinski definition) is 8. The third kappa shape index (κ3) is 7.75. The zero-order chi connectivity index (χ0) is 20.9. The van der Waals surface area contributed by atoms with Crippen molar-refractivity contribution in [2.45, 2.75) is 33.6 Å². The normalized spacial score (nSPS) is 9.71. The lowest BCUT2D eigenvalue weighted by Gasteiger charge is -2.09. The van der Waals surface area contributed by atoms with Crippen molar-refractivity contribution < 1.29 is 19.2 Å². The van der Waals surface area contributed by atoms with Gasteiger partial charge in [-0.25, -0.2) is 4.98 Å². The zero-order valence-electron chi connectivity index (χ0n) is 16.0. The second kappa shape index (κ2) is 12.4. The van der Waals surface area contributed by atoms with E-state index in [9.17, 15) is 14.9 Å². The summed E-state index contributed by atoms with van der Waals surface area (Å²) in [6.45, 7) is 6.50. The fourth-order valence-electron chi connectivity index (χ4n) is 1.99. The van der Waals surface area contributed by atoms with Gasteiger partial charge >= 0.3 is 11.7 Å². The van der Waals surface area contributed by atoms with Gasteiger partial charge in [0.25, 0.3) is 0 Å². The monoisotopic (exact) mass is 410 g/mol. The molecule has 0 fully saturated rings. The van der Waals surface area contributed by atoms with Gasteiger partial charge in [0.1, 0.15) is 11.9 Å². The lowest BCUT2D eigenvalue weighted by molar-refractivity contribution is -0.384. The van der Waals surface area contributed by atoms with Crippen LogP contribution in [0.4, 0.5) is 17.2 Å². The highest BCUT2D eigenvalue weighted by Gasteiger charge is 2.17. The molecule has 0 bridgehead atoms. The van der Waals surface area contributed by atoms with Gasteiger partial charge in [-0.2, -0.15) is 4.98 Å². The first-order chi connectivity index (χ1) is 13.5. The van der Waals surface area contributed by atoms with Crippen molar-refractivity contribution >= 4 is 34.8 Å². The number of esters is 1. The van der Waals surface area contributed by atoms with E-state index < -0.39 is 4.92 Å². The minimum absolute atomic E-state index is 0.00175. The molecule has 10 heteroatoms. The Kier molecular flexibility index (Phi) is 10.3. The van der Waals surface area contributed by atoms with Gasteiger partial charge in [0.15, 0.2) is 0 Å². The summed E-state index contributed by atoms with van der Waals surface area (Å²) < 4.78 is 10.4. The topological polar surface area (TPSA) is 116 Å². The maximum atomic E-state index is 11.2. The minimum Gasteiger partial charge on any atom is -0.494 e. The number of carbonyl (C=O) groups excluding carboxylic acids is 1. The van der Waals surface area contributed by atoms with E-state index in [4.69, 9.17) is 21.1 Å². The van der Waals surface area contributed by atoms with E-state index in [1.54, 1.807) is 31.2 Å². The summed E-state index contributed by atoms with van der Waals surface area (Å²) in [5.41, 5.74) is 0.287. The van der Waals surface area contributed by atoms with E-state index in [1.165, 1.54) is 0 Å². The Morgan fingerprint density at radius 1 is 1.29 bits per heavy atom. The Morgan fingerprint density at radius 2 is 1.96 bits per heavy atom. The molecule has 0 spiro atoms. The summed E-state index contributed by atoms with van der Waals surface area (Å²) in [6.07, 6.45) is 1.88.